The van der Waals surface area contributed by atoms with Crippen LogP contribution >= 0.6 is 0 Å². The second kappa shape index (κ2) is 8.36. The molecule has 0 saturated carbocycles. The molecule has 178 valence electrons. The fourth-order valence-corrected chi connectivity index (χ4v) is 3.87. The van der Waals surface area contributed by atoms with Crippen LogP contribution in [0.1, 0.15) is 38.5 Å². The van der Waals surface area contributed by atoms with Crippen molar-refractivity contribution in [1.29, 1.82) is 0 Å². The predicted octanol–water partition coefficient (Wildman–Crippen LogP) is 3.61. The van der Waals surface area contributed by atoms with E-state index in [9.17, 15) is 32.3 Å². The van der Waals surface area contributed by atoms with Gasteiger partial charge < -0.3 is 24.5 Å². The maximum atomic E-state index is 14.6. The van der Waals surface area contributed by atoms with Crippen molar-refractivity contribution in [2.45, 2.75) is 18.3 Å². The van der Waals surface area contributed by atoms with E-state index in [0.29, 0.717) is 5.75 Å². The van der Waals surface area contributed by atoms with Crippen LogP contribution in [0.4, 0.5) is 17.6 Å². The van der Waals surface area contributed by atoms with Gasteiger partial charge in [0.05, 0.1) is 12.2 Å². The molecule has 2 N–H and O–H groups in total. The van der Waals surface area contributed by atoms with Crippen molar-refractivity contribution in [3.63, 3.8) is 0 Å². The molecule has 0 aliphatic carbocycles. The number of carbonyl (C=O) groups excluding carboxylic acids is 1. The number of fused-ring (bicyclic) bond motifs is 1. The van der Waals surface area contributed by atoms with Gasteiger partial charge in [-0.1, -0.05) is 6.07 Å². The third kappa shape index (κ3) is 4.26. The molecule has 1 atom stereocenters. The van der Waals surface area contributed by atoms with E-state index in [0.717, 1.165) is 12.1 Å². The van der Waals surface area contributed by atoms with Gasteiger partial charge in [-0.2, -0.15) is 0 Å². The van der Waals surface area contributed by atoms with E-state index in [1.807, 2.05) is 0 Å². The summed E-state index contributed by atoms with van der Waals surface area (Å²) in [5.41, 5.74) is -1.29. The summed E-state index contributed by atoms with van der Waals surface area (Å²) in [5.74, 6) is -3.96. The fraction of sp³-hybridized carbons (Fsp3) is 0.227. The lowest BCUT2D eigenvalue weighted by atomic mass is 9.81. The van der Waals surface area contributed by atoms with E-state index < -0.39 is 35.3 Å². The number of benzene rings is 1. The Hall–Kier alpha value is -4.09. The lowest BCUT2D eigenvalue weighted by Gasteiger charge is -2.39. The summed E-state index contributed by atoms with van der Waals surface area (Å²) in [7, 11) is 1.48. The summed E-state index contributed by atoms with van der Waals surface area (Å²) in [4.78, 5) is 28.8. The zero-order valence-corrected chi connectivity index (χ0v) is 17.5. The number of aromatic nitrogens is 2. The smallest absolute Gasteiger partial charge is 0.491 e. The number of aromatic carboxylic acids is 1. The first-order chi connectivity index (χ1) is 16.0. The number of alkyl halides is 3. The Balaban J connectivity index is 1.81. The Kier molecular flexibility index (Phi) is 5.67. The highest BCUT2D eigenvalue weighted by Crippen LogP contribution is 2.42. The average Bonchev–Trinajstić information content (AvgIpc) is 3.16. The molecule has 1 aliphatic heterocycles. The van der Waals surface area contributed by atoms with Gasteiger partial charge in [0.2, 0.25) is 0 Å². The number of nitrogens with zero attached hydrogens (tertiary/aromatic N) is 2. The lowest BCUT2D eigenvalue weighted by Crippen LogP contribution is -2.50. The number of carboxylic acid groups (broad SMARTS) is 1. The zero-order valence-electron chi connectivity index (χ0n) is 17.5. The second-order valence-corrected chi connectivity index (χ2v) is 7.53. The number of aryl methyl sites for hydroxylation is 1. The molecule has 0 spiro atoms. The molecule has 3 aromatic rings. The van der Waals surface area contributed by atoms with Crippen LogP contribution in [0, 0.1) is 5.82 Å². The molecule has 0 bridgehead atoms. The third-order valence-electron chi connectivity index (χ3n) is 5.37. The Labute approximate surface area is 189 Å². The summed E-state index contributed by atoms with van der Waals surface area (Å²) >= 11 is 0. The summed E-state index contributed by atoms with van der Waals surface area (Å²) in [6.07, 6.45) is -2.34. The molecular formula is C22H17F4N3O5. The maximum absolute atomic E-state index is 14.6. The first-order valence-electron chi connectivity index (χ1n) is 9.86. The summed E-state index contributed by atoms with van der Waals surface area (Å²) in [6, 6.07) is 7.19. The number of carboxylic acids is 1. The van der Waals surface area contributed by atoms with Gasteiger partial charge in [0, 0.05) is 25.9 Å². The van der Waals surface area contributed by atoms with Gasteiger partial charge in [0.25, 0.3) is 5.91 Å². The summed E-state index contributed by atoms with van der Waals surface area (Å²) < 4.78 is 63.0. The number of hydrogen-bond acceptors (Lipinski definition) is 5. The molecule has 1 aliphatic rings. The Morgan fingerprint density at radius 1 is 1.26 bits per heavy atom. The average molecular weight is 479 g/mol. The third-order valence-corrected chi connectivity index (χ3v) is 5.37. The molecule has 1 aromatic carbocycles. The number of hydrogen-bond donors (Lipinski definition) is 2. The van der Waals surface area contributed by atoms with E-state index in [1.165, 1.54) is 36.1 Å². The quantitative estimate of drug-likeness (QED) is 0.542. The van der Waals surface area contributed by atoms with E-state index in [-0.39, 0.29) is 35.5 Å². The SMILES string of the molecule is Cn1cc(C(=O)O)cc1C(=O)NC1(c2ccc(OC(F)(F)F)c(F)c2)CCOc2cccnc21. The van der Waals surface area contributed by atoms with E-state index in [2.05, 4.69) is 15.0 Å². The largest absolute Gasteiger partial charge is 0.573 e. The molecule has 1 unspecified atom stereocenters. The van der Waals surface area contributed by atoms with E-state index in [1.54, 1.807) is 12.1 Å². The van der Waals surface area contributed by atoms with Gasteiger partial charge in [0.1, 0.15) is 22.7 Å². The molecule has 34 heavy (non-hydrogen) atoms. The molecule has 0 radical (unpaired) electrons. The molecule has 0 fully saturated rings. The van der Waals surface area contributed by atoms with Crippen molar-refractivity contribution in [2.24, 2.45) is 7.05 Å². The Morgan fingerprint density at radius 3 is 2.68 bits per heavy atom. The molecule has 0 saturated heterocycles. The van der Waals surface area contributed by atoms with Crippen molar-refractivity contribution >= 4 is 11.9 Å². The summed E-state index contributed by atoms with van der Waals surface area (Å²) in [5, 5.41) is 12.0. The van der Waals surface area contributed by atoms with Crippen LogP contribution in [0.3, 0.4) is 0 Å². The number of carbonyl (C=O) groups is 2. The van der Waals surface area contributed by atoms with Gasteiger partial charge in [0.15, 0.2) is 11.6 Å². The topological polar surface area (TPSA) is 103 Å². The van der Waals surface area contributed by atoms with Crippen molar-refractivity contribution in [1.82, 2.24) is 14.9 Å². The number of nitrogens with one attached hydrogen (secondary N) is 1. The normalized spacial score (nSPS) is 17.4. The number of halogens is 4. The number of pyridine rings is 1. The van der Waals surface area contributed by atoms with Gasteiger partial charge in [-0.05, 0) is 35.9 Å². The first kappa shape index (κ1) is 23.1. The number of amides is 1. The van der Waals surface area contributed by atoms with Gasteiger partial charge >= 0.3 is 12.3 Å². The second-order valence-electron chi connectivity index (χ2n) is 7.53. The predicted molar refractivity (Wildman–Crippen MR) is 108 cm³/mol. The minimum atomic E-state index is -5.09. The Morgan fingerprint density at radius 2 is 2.03 bits per heavy atom. The Bertz CT molecular complexity index is 1270. The van der Waals surface area contributed by atoms with Crippen LogP contribution in [-0.4, -0.2) is 39.5 Å². The monoisotopic (exact) mass is 479 g/mol. The van der Waals surface area contributed by atoms with Crippen molar-refractivity contribution in [3.8, 4) is 11.5 Å². The fourth-order valence-electron chi connectivity index (χ4n) is 3.87. The zero-order chi connectivity index (χ0) is 24.7. The van der Waals surface area contributed by atoms with Crippen LogP contribution < -0.4 is 14.8 Å². The molecule has 8 nitrogen and oxygen atoms in total. The van der Waals surface area contributed by atoms with E-state index >= 15 is 0 Å². The highest BCUT2D eigenvalue weighted by atomic mass is 19.4. The van der Waals surface area contributed by atoms with Crippen LogP contribution in [0.25, 0.3) is 0 Å². The molecule has 12 heteroatoms. The highest BCUT2D eigenvalue weighted by Gasteiger charge is 2.43. The number of rotatable bonds is 5. The highest BCUT2D eigenvalue weighted by molar-refractivity contribution is 5.97. The minimum absolute atomic E-state index is 0.00163. The molecule has 3 heterocycles. The van der Waals surface area contributed by atoms with Gasteiger partial charge in [-0.25, -0.2) is 9.18 Å². The lowest BCUT2D eigenvalue weighted by molar-refractivity contribution is -0.275. The number of ether oxygens (including phenoxy) is 2. The van der Waals surface area contributed by atoms with Crippen LogP contribution in [0.2, 0.25) is 0 Å². The standard InChI is InChI=1S/C22H17F4N3O5/c1-29-11-12(20(31)32)9-15(29)19(30)28-21(6-8-33-17-3-2-7-27-18(17)21)13-4-5-16(14(23)10-13)34-22(24,25)26/h2-5,7,9-11H,6,8H2,1H3,(H,28,30)(H,31,32). The van der Waals surface area contributed by atoms with Crippen LogP contribution in [-0.2, 0) is 12.6 Å². The van der Waals surface area contributed by atoms with Crippen molar-refractivity contribution in [3.05, 3.63) is 77.1 Å². The maximum Gasteiger partial charge on any atom is 0.573 e. The minimum Gasteiger partial charge on any atom is -0.491 e. The van der Waals surface area contributed by atoms with Crippen molar-refractivity contribution < 1.29 is 41.7 Å². The van der Waals surface area contributed by atoms with Gasteiger partial charge in [-0.15, -0.1) is 13.2 Å². The molecule has 2 aromatic heterocycles. The molecule has 4 rings (SSSR count). The van der Waals surface area contributed by atoms with Crippen LogP contribution in [0.5, 0.6) is 11.5 Å². The summed E-state index contributed by atoms with van der Waals surface area (Å²) in [6.45, 7) is 0.0783. The molecule has 1 amide bonds. The van der Waals surface area contributed by atoms with Gasteiger partial charge in [-0.3, -0.25) is 9.78 Å². The van der Waals surface area contributed by atoms with Crippen molar-refractivity contribution in [2.75, 3.05) is 6.61 Å². The van der Waals surface area contributed by atoms with Crippen LogP contribution in [0.15, 0.2) is 48.8 Å². The molecular weight excluding hydrogens is 462 g/mol. The first-order valence-corrected chi connectivity index (χ1v) is 9.86. The van der Waals surface area contributed by atoms with E-state index in [4.69, 9.17) is 4.74 Å².